The van der Waals surface area contributed by atoms with Crippen LogP contribution in [0.3, 0.4) is 0 Å². The minimum atomic E-state index is -2.80. The predicted octanol–water partition coefficient (Wildman–Crippen LogP) is 8.32. The third-order valence-electron chi connectivity index (χ3n) is 6.38. The molecular formula is C28H34F2O. The van der Waals surface area contributed by atoms with Gasteiger partial charge < -0.3 is 4.74 Å². The van der Waals surface area contributed by atoms with Crippen LogP contribution in [-0.4, -0.2) is 6.61 Å². The molecule has 0 aliphatic heterocycles. The summed E-state index contributed by atoms with van der Waals surface area (Å²) in [6, 6.07) is 15.1. The fraction of sp³-hybridized carbons (Fsp3) is 0.500. The molecule has 0 bridgehead atoms. The van der Waals surface area contributed by atoms with E-state index < -0.39 is 6.61 Å². The lowest BCUT2D eigenvalue weighted by atomic mass is 9.77. The van der Waals surface area contributed by atoms with Crippen molar-refractivity contribution in [3.05, 3.63) is 65.2 Å². The highest BCUT2D eigenvalue weighted by Crippen LogP contribution is 2.37. The Morgan fingerprint density at radius 3 is 1.97 bits per heavy atom. The summed E-state index contributed by atoms with van der Waals surface area (Å²) in [4.78, 5) is 0. The van der Waals surface area contributed by atoms with Crippen LogP contribution in [0.4, 0.5) is 8.78 Å². The Balaban J connectivity index is 1.45. The van der Waals surface area contributed by atoms with Crippen LogP contribution in [0.25, 0.3) is 0 Å². The molecule has 3 heteroatoms. The summed E-state index contributed by atoms with van der Waals surface area (Å²) in [6.45, 7) is -0.531. The average Bonchev–Trinajstić information content (AvgIpc) is 2.79. The zero-order chi connectivity index (χ0) is 21.9. The summed E-state index contributed by atoms with van der Waals surface area (Å²) < 4.78 is 28.8. The van der Waals surface area contributed by atoms with Crippen molar-refractivity contribution in [2.45, 2.75) is 83.7 Å². The molecule has 0 spiro atoms. The van der Waals surface area contributed by atoms with Crippen LogP contribution in [0.1, 0.15) is 93.7 Å². The van der Waals surface area contributed by atoms with Gasteiger partial charge in [0.15, 0.2) is 0 Å². The third-order valence-corrected chi connectivity index (χ3v) is 6.38. The number of hydrogen-bond acceptors (Lipinski definition) is 1. The molecule has 166 valence electrons. The van der Waals surface area contributed by atoms with Crippen LogP contribution < -0.4 is 4.74 Å². The molecule has 0 aromatic heterocycles. The summed E-state index contributed by atoms with van der Waals surface area (Å²) in [5.74, 6) is 8.00. The fourth-order valence-corrected chi connectivity index (χ4v) is 4.52. The highest BCUT2D eigenvalue weighted by Gasteiger charge is 2.21. The van der Waals surface area contributed by atoms with Crippen molar-refractivity contribution in [1.29, 1.82) is 0 Å². The Morgan fingerprint density at radius 2 is 1.39 bits per heavy atom. The van der Waals surface area contributed by atoms with Crippen molar-refractivity contribution in [2.24, 2.45) is 5.92 Å². The number of alkyl halides is 2. The highest BCUT2D eigenvalue weighted by atomic mass is 19.3. The molecule has 2 aromatic carbocycles. The molecule has 1 nitrogen and oxygen atoms in total. The zero-order valence-electron chi connectivity index (χ0n) is 18.6. The Bertz CT molecular complexity index is 822. The Kier molecular flexibility index (Phi) is 9.40. The molecule has 0 heterocycles. The monoisotopic (exact) mass is 424 g/mol. The number of unbranched alkanes of at least 4 members (excludes halogenated alkanes) is 4. The standard InChI is InChI=1S/C28H34F2O/c1-2-3-4-5-6-7-22-10-16-25(17-11-22)26-18-12-23(13-19-26)8-9-24-14-20-27(21-15-24)31-28(29)30/h12-15,18-22,25,28H,2-7,10-11,16-17H2,1H3. The molecule has 0 atom stereocenters. The molecular weight excluding hydrogens is 390 g/mol. The van der Waals surface area contributed by atoms with E-state index in [9.17, 15) is 8.78 Å². The first-order valence-corrected chi connectivity index (χ1v) is 11.8. The van der Waals surface area contributed by atoms with Gasteiger partial charge >= 0.3 is 6.61 Å². The zero-order valence-corrected chi connectivity index (χ0v) is 18.6. The van der Waals surface area contributed by atoms with Crippen LogP contribution in [-0.2, 0) is 0 Å². The number of benzene rings is 2. The lowest BCUT2D eigenvalue weighted by molar-refractivity contribution is -0.0498. The average molecular weight is 425 g/mol. The van der Waals surface area contributed by atoms with E-state index in [-0.39, 0.29) is 5.75 Å². The van der Waals surface area contributed by atoms with E-state index in [2.05, 4.69) is 47.8 Å². The minimum Gasteiger partial charge on any atom is -0.435 e. The minimum absolute atomic E-state index is 0.149. The molecule has 3 rings (SSSR count). The maximum Gasteiger partial charge on any atom is 0.387 e. The maximum atomic E-state index is 12.2. The van der Waals surface area contributed by atoms with Crippen molar-refractivity contribution in [3.8, 4) is 17.6 Å². The van der Waals surface area contributed by atoms with Gasteiger partial charge in [0.05, 0.1) is 0 Å². The lowest BCUT2D eigenvalue weighted by Crippen LogP contribution is -2.13. The van der Waals surface area contributed by atoms with Gasteiger partial charge in [0, 0.05) is 11.1 Å². The lowest BCUT2D eigenvalue weighted by Gasteiger charge is -2.29. The molecule has 0 unspecified atom stereocenters. The van der Waals surface area contributed by atoms with Crippen molar-refractivity contribution >= 4 is 0 Å². The third kappa shape index (κ3) is 8.02. The quantitative estimate of drug-likeness (QED) is 0.290. The van der Waals surface area contributed by atoms with Crippen LogP contribution in [0.2, 0.25) is 0 Å². The van der Waals surface area contributed by atoms with Gasteiger partial charge in [-0.25, -0.2) is 0 Å². The van der Waals surface area contributed by atoms with Crippen LogP contribution >= 0.6 is 0 Å². The van der Waals surface area contributed by atoms with E-state index >= 15 is 0 Å². The topological polar surface area (TPSA) is 9.23 Å². The van der Waals surface area contributed by atoms with E-state index in [1.54, 1.807) is 12.1 Å². The second-order valence-corrected chi connectivity index (χ2v) is 8.70. The molecule has 2 aromatic rings. The first kappa shape index (κ1) is 23.3. The second kappa shape index (κ2) is 12.5. The van der Waals surface area contributed by atoms with Crippen LogP contribution in [0, 0.1) is 17.8 Å². The van der Waals surface area contributed by atoms with Crippen LogP contribution in [0.15, 0.2) is 48.5 Å². The van der Waals surface area contributed by atoms with E-state index in [1.165, 1.54) is 81.9 Å². The van der Waals surface area contributed by atoms with E-state index in [0.29, 0.717) is 5.92 Å². The van der Waals surface area contributed by atoms with Gasteiger partial charge in [0.1, 0.15) is 5.75 Å². The number of rotatable bonds is 9. The number of hydrogen-bond donors (Lipinski definition) is 0. The Hall–Kier alpha value is -2.34. The molecule has 1 fully saturated rings. The largest absolute Gasteiger partial charge is 0.435 e. The predicted molar refractivity (Wildman–Crippen MR) is 124 cm³/mol. The molecule has 31 heavy (non-hydrogen) atoms. The van der Waals surface area contributed by atoms with Crippen LogP contribution in [0.5, 0.6) is 5.75 Å². The smallest absolute Gasteiger partial charge is 0.387 e. The molecule has 1 aliphatic rings. The van der Waals surface area contributed by atoms with E-state index in [0.717, 1.165) is 17.0 Å². The molecule has 0 N–H and O–H groups in total. The van der Waals surface area contributed by atoms with Crippen molar-refractivity contribution in [3.63, 3.8) is 0 Å². The molecule has 0 amide bonds. The second-order valence-electron chi connectivity index (χ2n) is 8.70. The Labute approximate surface area is 186 Å². The molecule has 1 saturated carbocycles. The summed E-state index contributed by atoms with van der Waals surface area (Å²) >= 11 is 0. The number of halogens is 2. The molecule has 1 aliphatic carbocycles. The first-order valence-electron chi connectivity index (χ1n) is 11.8. The van der Waals surface area contributed by atoms with E-state index in [4.69, 9.17) is 0 Å². The highest BCUT2D eigenvalue weighted by molar-refractivity contribution is 5.45. The SMILES string of the molecule is CCCCCCCC1CCC(c2ccc(C#Cc3ccc(OC(F)F)cc3)cc2)CC1. The van der Waals surface area contributed by atoms with Gasteiger partial charge in [-0.15, -0.1) is 0 Å². The summed E-state index contributed by atoms with van der Waals surface area (Å²) in [5.41, 5.74) is 3.18. The van der Waals surface area contributed by atoms with Gasteiger partial charge in [0.2, 0.25) is 0 Å². The first-order chi connectivity index (χ1) is 15.1. The number of ether oxygens (including phenoxy) is 1. The maximum absolute atomic E-state index is 12.2. The summed E-state index contributed by atoms with van der Waals surface area (Å²) in [6.07, 6.45) is 13.7. The van der Waals surface area contributed by atoms with Gasteiger partial charge in [-0.3, -0.25) is 0 Å². The molecule has 0 radical (unpaired) electrons. The normalized spacial score (nSPS) is 18.5. The van der Waals surface area contributed by atoms with Crippen molar-refractivity contribution in [2.75, 3.05) is 0 Å². The van der Waals surface area contributed by atoms with Crippen molar-refractivity contribution < 1.29 is 13.5 Å². The van der Waals surface area contributed by atoms with E-state index in [1.807, 2.05) is 0 Å². The van der Waals surface area contributed by atoms with Crippen molar-refractivity contribution in [1.82, 2.24) is 0 Å². The Morgan fingerprint density at radius 1 is 0.806 bits per heavy atom. The van der Waals surface area contributed by atoms with Gasteiger partial charge in [-0.1, -0.05) is 69.4 Å². The van der Waals surface area contributed by atoms with Gasteiger partial charge in [0.25, 0.3) is 0 Å². The molecule has 0 saturated heterocycles. The van der Waals surface area contributed by atoms with Gasteiger partial charge in [-0.05, 0) is 79.5 Å². The summed E-state index contributed by atoms with van der Waals surface area (Å²) in [5, 5.41) is 0. The fourth-order valence-electron chi connectivity index (χ4n) is 4.52. The summed E-state index contributed by atoms with van der Waals surface area (Å²) in [7, 11) is 0. The van der Waals surface area contributed by atoms with Gasteiger partial charge in [-0.2, -0.15) is 8.78 Å².